The van der Waals surface area contributed by atoms with Crippen LogP contribution in [0.2, 0.25) is 0 Å². The zero-order chi connectivity index (χ0) is 22.6. The molecule has 6 nitrogen and oxygen atoms in total. The van der Waals surface area contributed by atoms with Crippen molar-refractivity contribution in [2.75, 3.05) is 5.32 Å². The van der Waals surface area contributed by atoms with E-state index in [4.69, 9.17) is 4.42 Å². The number of rotatable bonds is 5. The number of alkyl halides is 3. The Kier molecular flexibility index (Phi) is 5.89. The number of urea groups is 1. The highest BCUT2D eigenvalue weighted by molar-refractivity contribution is 5.90. The molecule has 0 spiro atoms. The van der Waals surface area contributed by atoms with Gasteiger partial charge in [0.1, 0.15) is 6.04 Å². The highest BCUT2D eigenvalue weighted by atomic mass is 19.4. The van der Waals surface area contributed by atoms with E-state index in [0.717, 1.165) is 6.07 Å². The van der Waals surface area contributed by atoms with Crippen LogP contribution in [-0.4, -0.2) is 16.2 Å². The molecule has 0 aliphatic carbocycles. The van der Waals surface area contributed by atoms with Crippen LogP contribution >= 0.6 is 0 Å². The number of para-hydroxylation sites is 1. The maximum atomic E-state index is 13.3. The summed E-state index contributed by atoms with van der Waals surface area (Å²) in [7, 11) is 0. The number of hydrogen-bond donors (Lipinski definition) is 2. The van der Waals surface area contributed by atoms with Gasteiger partial charge in [-0.25, -0.2) is 4.79 Å². The van der Waals surface area contributed by atoms with Crippen LogP contribution in [0.5, 0.6) is 0 Å². The van der Waals surface area contributed by atoms with Crippen molar-refractivity contribution in [2.24, 2.45) is 0 Å². The summed E-state index contributed by atoms with van der Waals surface area (Å²) in [6.45, 7) is 0. The summed E-state index contributed by atoms with van der Waals surface area (Å²) in [4.78, 5) is 12.6. The first kappa shape index (κ1) is 21.1. The lowest BCUT2D eigenvalue weighted by atomic mass is 10.1. The second kappa shape index (κ2) is 8.93. The molecule has 2 amide bonds. The summed E-state index contributed by atoms with van der Waals surface area (Å²) in [6.07, 6.45) is -4.61. The van der Waals surface area contributed by atoms with Gasteiger partial charge in [-0.3, -0.25) is 0 Å². The van der Waals surface area contributed by atoms with Crippen molar-refractivity contribution < 1.29 is 22.4 Å². The molecule has 3 aromatic carbocycles. The van der Waals surface area contributed by atoms with Crippen LogP contribution in [-0.2, 0) is 6.18 Å². The maximum absolute atomic E-state index is 13.3. The predicted octanol–water partition coefficient (Wildman–Crippen LogP) is 5.67. The number of halogens is 3. The van der Waals surface area contributed by atoms with Crippen molar-refractivity contribution in [3.05, 3.63) is 102 Å². The molecule has 4 rings (SSSR count). The number of nitrogens with zero attached hydrogens (tertiary/aromatic N) is 2. The largest absolute Gasteiger partial charge is 0.418 e. The molecule has 32 heavy (non-hydrogen) atoms. The standard InChI is InChI=1S/C23H17F3N4O2/c24-23(25,26)17-13-7-8-14-18(17)27-22(31)28-19(15-9-3-1-4-10-15)21-30-29-20(32-21)16-11-5-2-6-12-16/h1-14,19H,(H2,27,28,31)/t19-/m0/s1. The van der Waals surface area contributed by atoms with Crippen LogP contribution in [0.1, 0.15) is 23.1 Å². The molecule has 0 aliphatic heterocycles. The fourth-order valence-electron chi connectivity index (χ4n) is 3.11. The molecule has 0 saturated heterocycles. The molecule has 0 saturated carbocycles. The topological polar surface area (TPSA) is 80.0 Å². The van der Waals surface area contributed by atoms with Gasteiger partial charge in [0.2, 0.25) is 11.8 Å². The van der Waals surface area contributed by atoms with Gasteiger partial charge in [-0.2, -0.15) is 13.2 Å². The van der Waals surface area contributed by atoms with E-state index in [1.165, 1.54) is 18.2 Å². The predicted molar refractivity (Wildman–Crippen MR) is 112 cm³/mol. The minimum absolute atomic E-state index is 0.0920. The fourth-order valence-corrected chi connectivity index (χ4v) is 3.11. The van der Waals surface area contributed by atoms with Crippen molar-refractivity contribution in [3.8, 4) is 11.5 Å². The Hall–Kier alpha value is -4.14. The molecule has 0 aliphatic rings. The van der Waals surface area contributed by atoms with E-state index in [9.17, 15) is 18.0 Å². The third-order valence-corrected chi connectivity index (χ3v) is 4.60. The zero-order valence-electron chi connectivity index (χ0n) is 16.5. The lowest BCUT2D eigenvalue weighted by molar-refractivity contribution is -0.136. The minimum Gasteiger partial charge on any atom is -0.418 e. The maximum Gasteiger partial charge on any atom is 0.418 e. The van der Waals surface area contributed by atoms with Crippen molar-refractivity contribution in [1.82, 2.24) is 15.5 Å². The SMILES string of the molecule is O=C(Nc1ccccc1C(F)(F)F)N[C@@H](c1ccccc1)c1nnc(-c2ccccc2)o1. The molecule has 0 bridgehead atoms. The molecular formula is C23H17F3N4O2. The number of amides is 2. The molecule has 0 unspecified atom stereocenters. The lowest BCUT2D eigenvalue weighted by Crippen LogP contribution is -2.34. The smallest absolute Gasteiger partial charge is 0.418 e. The van der Waals surface area contributed by atoms with Crippen molar-refractivity contribution >= 4 is 11.7 Å². The van der Waals surface area contributed by atoms with Crippen LogP contribution in [0.25, 0.3) is 11.5 Å². The van der Waals surface area contributed by atoms with Crippen molar-refractivity contribution in [2.45, 2.75) is 12.2 Å². The van der Waals surface area contributed by atoms with Crippen molar-refractivity contribution in [1.29, 1.82) is 0 Å². The molecular weight excluding hydrogens is 421 g/mol. The Balaban J connectivity index is 1.61. The number of benzene rings is 3. The van der Waals surface area contributed by atoms with Crippen LogP contribution < -0.4 is 10.6 Å². The second-order valence-electron chi connectivity index (χ2n) is 6.80. The van der Waals surface area contributed by atoms with E-state index in [1.54, 1.807) is 42.5 Å². The highest BCUT2D eigenvalue weighted by Gasteiger charge is 2.34. The van der Waals surface area contributed by atoms with E-state index in [1.807, 2.05) is 18.2 Å². The Morgan fingerprint density at radius 1 is 0.844 bits per heavy atom. The van der Waals surface area contributed by atoms with Gasteiger partial charge in [0.05, 0.1) is 11.3 Å². The zero-order valence-corrected chi connectivity index (χ0v) is 16.5. The first-order valence-corrected chi connectivity index (χ1v) is 9.59. The molecule has 162 valence electrons. The van der Waals surface area contributed by atoms with Gasteiger partial charge in [-0.1, -0.05) is 60.7 Å². The number of carbonyl (C=O) groups is 1. The summed E-state index contributed by atoms with van der Waals surface area (Å²) < 4.78 is 45.5. The monoisotopic (exact) mass is 438 g/mol. The molecule has 9 heteroatoms. The van der Waals surface area contributed by atoms with Gasteiger partial charge in [-0.05, 0) is 29.8 Å². The Bertz CT molecular complexity index is 1190. The number of hydrogen-bond acceptors (Lipinski definition) is 4. The van der Waals surface area contributed by atoms with E-state index in [-0.39, 0.29) is 17.5 Å². The van der Waals surface area contributed by atoms with E-state index in [0.29, 0.717) is 11.1 Å². The van der Waals surface area contributed by atoms with E-state index < -0.39 is 23.8 Å². The Labute approximate surface area is 181 Å². The average Bonchev–Trinajstić information content (AvgIpc) is 3.28. The average molecular weight is 438 g/mol. The number of aromatic nitrogens is 2. The van der Waals surface area contributed by atoms with Gasteiger partial charge in [0.25, 0.3) is 0 Å². The molecule has 4 aromatic rings. The van der Waals surface area contributed by atoms with E-state index in [2.05, 4.69) is 20.8 Å². The summed E-state index contributed by atoms with van der Waals surface area (Å²) >= 11 is 0. The molecule has 1 aromatic heterocycles. The second-order valence-corrected chi connectivity index (χ2v) is 6.80. The van der Waals surface area contributed by atoms with Gasteiger partial charge >= 0.3 is 12.2 Å². The van der Waals surface area contributed by atoms with Gasteiger partial charge in [0, 0.05) is 5.56 Å². The molecule has 1 heterocycles. The third kappa shape index (κ3) is 4.77. The number of carbonyl (C=O) groups excluding carboxylic acids is 1. The summed E-state index contributed by atoms with van der Waals surface area (Å²) in [5.41, 5.74) is 0.00650. The van der Waals surface area contributed by atoms with Crippen molar-refractivity contribution in [3.63, 3.8) is 0 Å². The Morgan fingerprint density at radius 3 is 2.16 bits per heavy atom. The van der Waals surface area contributed by atoms with Crippen LogP contribution in [0, 0.1) is 0 Å². The number of anilines is 1. The van der Waals surface area contributed by atoms with Crippen LogP contribution in [0.4, 0.5) is 23.7 Å². The molecule has 0 fully saturated rings. The van der Waals surface area contributed by atoms with Gasteiger partial charge in [0.15, 0.2) is 0 Å². The molecule has 0 radical (unpaired) electrons. The first-order chi connectivity index (χ1) is 15.4. The quantitative estimate of drug-likeness (QED) is 0.421. The summed E-state index contributed by atoms with van der Waals surface area (Å²) in [5, 5.41) is 13.0. The highest BCUT2D eigenvalue weighted by Crippen LogP contribution is 2.34. The molecule has 2 N–H and O–H groups in total. The Morgan fingerprint density at radius 2 is 1.47 bits per heavy atom. The molecule has 1 atom stereocenters. The van der Waals surface area contributed by atoms with Crippen LogP contribution in [0.15, 0.2) is 89.3 Å². The lowest BCUT2D eigenvalue weighted by Gasteiger charge is -2.18. The first-order valence-electron chi connectivity index (χ1n) is 9.59. The van der Waals surface area contributed by atoms with Crippen LogP contribution in [0.3, 0.4) is 0 Å². The minimum atomic E-state index is -4.61. The van der Waals surface area contributed by atoms with Gasteiger partial charge < -0.3 is 15.1 Å². The summed E-state index contributed by atoms with van der Waals surface area (Å²) in [5.74, 6) is 0.348. The third-order valence-electron chi connectivity index (χ3n) is 4.60. The summed E-state index contributed by atoms with van der Waals surface area (Å²) in [6, 6.07) is 20.9. The normalized spacial score (nSPS) is 12.2. The number of nitrogens with one attached hydrogen (secondary N) is 2. The van der Waals surface area contributed by atoms with E-state index >= 15 is 0 Å². The fraction of sp³-hybridized carbons (Fsp3) is 0.0870. The van der Waals surface area contributed by atoms with Gasteiger partial charge in [-0.15, -0.1) is 10.2 Å².